The van der Waals surface area contributed by atoms with Crippen LogP contribution in [0.15, 0.2) is 122 Å². The van der Waals surface area contributed by atoms with Gasteiger partial charge in [0.05, 0.1) is 40.3 Å². The first kappa shape index (κ1) is 92.7. The second kappa shape index (κ2) is 77.4. The van der Waals surface area contributed by atoms with E-state index >= 15 is 0 Å². The van der Waals surface area contributed by atoms with E-state index in [4.69, 9.17) is 18.9 Å². The molecule has 0 aliphatic heterocycles. The fourth-order valence-corrected chi connectivity index (χ4v) is 11.5. The minimum atomic E-state index is -1.63. The Labute approximate surface area is 599 Å². The van der Waals surface area contributed by atoms with Gasteiger partial charge in [-0.15, -0.1) is 0 Å². The summed E-state index contributed by atoms with van der Waals surface area (Å²) in [4.78, 5) is 37.6. The molecule has 2 atom stereocenters. The summed E-state index contributed by atoms with van der Waals surface area (Å²) in [5.74, 6) is -2.27. The second-order valence-corrected chi connectivity index (χ2v) is 28.3. The van der Waals surface area contributed by atoms with Gasteiger partial charge in [0.25, 0.3) is 0 Å². The van der Waals surface area contributed by atoms with E-state index < -0.39 is 24.3 Å². The van der Waals surface area contributed by atoms with Crippen molar-refractivity contribution in [1.29, 1.82) is 0 Å². The summed E-state index contributed by atoms with van der Waals surface area (Å²) in [6, 6.07) is 0. The van der Waals surface area contributed by atoms with Crippen molar-refractivity contribution >= 4 is 17.9 Å². The lowest BCUT2D eigenvalue weighted by Gasteiger charge is -2.26. The third-order valence-corrected chi connectivity index (χ3v) is 17.7. The molecule has 9 heteroatoms. The fourth-order valence-electron chi connectivity index (χ4n) is 11.5. The van der Waals surface area contributed by atoms with E-state index in [9.17, 15) is 19.5 Å². The van der Waals surface area contributed by atoms with E-state index in [1.54, 1.807) is 0 Å². The molecule has 0 heterocycles. The SMILES string of the molecule is CC/C=C\C/C=C\C/C=C\C/C=C\C/C=C\C/C=C\C/C=C\CCCCCCCCCCCCCCCC(=O)OC(COC(=O)CCCCCCCCCCCCCCCCCCCCCCCC/C=C\C/C=C\C/C=C\CCCCCCC)COC(OCC[N+](C)(C)C)C(=O)[O-]. The topological polar surface area (TPSA) is 111 Å². The quantitative estimate of drug-likeness (QED) is 0.0195. The number of quaternary nitrogens is 1. The number of hydrogen-bond acceptors (Lipinski definition) is 8. The number of unbranched alkanes of at least 4 members (excludes halogenated alkanes) is 40. The number of esters is 2. The molecule has 0 aromatic carbocycles. The fraction of sp³-hybridized carbons (Fsp3) is 0.739. The highest BCUT2D eigenvalue weighted by Crippen LogP contribution is 2.19. The maximum Gasteiger partial charge on any atom is 0.306 e. The van der Waals surface area contributed by atoms with Crippen molar-refractivity contribution in [3.05, 3.63) is 122 Å². The standard InChI is InChI=1S/C88H153NO8/c1-6-8-10-12-14-16-18-20-22-24-26-28-30-32-34-36-38-40-42-43-45-46-48-50-52-54-56-58-60-62-64-66-68-70-72-74-76-78-85(90)95-82-84(83-96-88(87(92)93)94-81-80-89(3,4)5)97-86(91)79-77-75-73-71-69-67-65-63-61-59-57-55-53-51-49-47-44-41-39-37-35-33-31-29-27-25-23-21-19-17-15-13-11-9-7-2/h9,11,15,17-18,20-21,23-24,26-27,29-30,32-33,35,39,41,47,49,84,88H,6-8,10,12-14,16,19,22,25,28,31,34,36-38,40,42-46,48,50-83H2,1-5H3/b11-9-,17-15-,20-18-,23-21-,26-24-,29-27-,32-30-,35-33-,41-39-,49-47-. The first-order chi connectivity index (χ1) is 47.6. The number of allylic oxidation sites excluding steroid dienone is 20. The molecule has 0 saturated heterocycles. The number of carbonyl (C=O) groups excluding carboxylic acids is 3. The molecule has 9 nitrogen and oxygen atoms in total. The van der Waals surface area contributed by atoms with E-state index in [0.717, 1.165) is 96.3 Å². The Morgan fingerprint density at radius 3 is 0.876 bits per heavy atom. The molecule has 0 aliphatic rings. The molecule has 0 bridgehead atoms. The maximum absolute atomic E-state index is 13.0. The number of nitrogens with zero attached hydrogens (tertiary/aromatic N) is 1. The molecule has 0 aliphatic carbocycles. The molecule has 0 fully saturated rings. The van der Waals surface area contributed by atoms with Gasteiger partial charge in [0.1, 0.15) is 13.2 Å². The lowest BCUT2D eigenvalue weighted by atomic mass is 10.0. The van der Waals surface area contributed by atoms with Gasteiger partial charge in [0.15, 0.2) is 12.4 Å². The van der Waals surface area contributed by atoms with Crippen LogP contribution in [0.3, 0.4) is 0 Å². The highest BCUT2D eigenvalue weighted by Gasteiger charge is 2.22. The Hall–Kier alpha value is -4.31. The smallest absolute Gasteiger partial charge is 0.306 e. The van der Waals surface area contributed by atoms with Crippen LogP contribution in [0.2, 0.25) is 0 Å². The van der Waals surface area contributed by atoms with Gasteiger partial charge in [-0.1, -0.05) is 360 Å². The van der Waals surface area contributed by atoms with Gasteiger partial charge in [0.2, 0.25) is 0 Å². The monoisotopic (exact) mass is 1350 g/mol. The van der Waals surface area contributed by atoms with Gasteiger partial charge < -0.3 is 33.3 Å². The summed E-state index contributed by atoms with van der Waals surface area (Å²) in [6.45, 7) is 4.66. The first-order valence-corrected chi connectivity index (χ1v) is 40.7. The Morgan fingerprint density at radius 1 is 0.320 bits per heavy atom. The Morgan fingerprint density at radius 2 is 0.588 bits per heavy atom. The molecule has 0 rings (SSSR count). The maximum atomic E-state index is 13.0. The molecule has 97 heavy (non-hydrogen) atoms. The number of aliphatic carboxylic acids is 1. The summed E-state index contributed by atoms with van der Waals surface area (Å²) in [6.07, 6.45) is 107. The highest BCUT2D eigenvalue weighted by atomic mass is 16.7. The molecule has 0 N–H and O–H groups in total. The normalized spacial score (nSPS) is 13.3. The zero-order valence-electron chi connectivity index (χ0n) is 63.9. The van der Waals surface area contributed by atoms with Crippen LogP contribution in [0.5, 0.6) is 0 Å². The van der Waals surface area contributed by atoms with Crippen molar-refractivity contribution in [3.63, 3.8) is 0 Å². The lowest BCUT2D eigenvalue weighted by Crippen LogP contribution is -2.44. The van der Waals surface area contributed by atoms with Crippen LogP contribution in [0.25, 0.3) is 0 Å². The number of rotatable bonds is 75. The molecular weight excluding hydrogens is 1200 g/mol. The zero-order valence-corrected chi connectivity index (χ0v) is 63.9. The third kappa shape index (κ3) is 78.9. The number of carboxylic acid groups (broad SMARTS) is 1. The molecule has 2 unspecified atom stereocenters. The largest absolute Gasteiger partial charge is 0.545 e. The van der Waals surface area contributed by atoms with Crippen molar-refractivity contribution in [3.8, 4) is 0 Å². The molecule has 0 spiro atoms. The van der Waals surface area contributed by atoms with Crippen LogP contribution < -0.4 is 5.11 Å². The van der Waals surface area contributed by atoms with Crippen LogP contribution in [0, 0.1) is 0 Å². The van der Waals surface area contributed by atoms with Crippen LogP contribution in [0.4, 0.5) is 0 Å². The van der Waals surface area contributed by atoms with E-state index in [1.165, 1.54) is 231 Å². The summed E-state index contributed by atoms with van der Waals surface area (Å²) >= 11 is 0. The third-order valence-electron chi connectivity index (χ3n) is 17.7. The molecule has 0 radical (unpaired) electrons. The Balaban J connectivity index is 4.02. The molecular formula is C88H153NO8. The zero-order chi connectivity index (χ0) is 70.4. The molecule has 0 aromatic heterocycles. The molecule has 0 saturated carbocycles. The van der Waals surface area contributed by atoms with Gasteiger partial charge in [-0.3, -0.25) is 9.59 Å². The van der Waals surface area contributed by atoms with E-state index in [2.05, 4.69) is 135 Å². The minimum absolute atomic E-state index is 0.145. The van der Waals surface area contributed by atoms with Gasteiger partial charge in [-0.05, 0) is 109 Å². The van der Waals surface area contributed by atoms with Crippen molar-refractivity contribution in [1.82, 2.24) is 0 Å². The van der Waals surface area contributed by atoms with Gasteiger partial charge in [-0.25, -0.2) is 0 Å². The van der Waals surface area contributed by atoms with E-state index in [-0.39, 0.29) is 32.2 Å². The molecule has 0 amide bonds. The van der Waals surface area contributed by atoms with Gasteiger partial charge in [0, 0.05) is 12.8 Å². The van der Waals surface area contributed by atoms with Gasteiger partial charge in [-0.2, -0.15) is 0 Å². The summed E-state index contributed by atoms with van der Waals surface area (Å²) in [5, 5.41) is 11.9. The predicted octanol–water partition coefficient (Wildman–Crippen LogP) is 24.9. The van der Waals surface area contributed by atoms with Gasteiger partial charge >= 0.3 is 11.9 Å². The van der Waals surface area contributed by atoms with Crippen LogP contribution in [0.1, 0.15) is 361 Å². The van der Waals surface area contributed by atoms with Crippen molar-refractivity contribution < 1.29 is 42.9 Å². The summed E-state index contributed by atoms with van der Waals surface area (Å²) in [5.41, 5.74) is 0. The Bertz CT molecular complexity index is 2020. The minimum Gasteiger partial charge on any atom is -0.545 e. The van der Waals surface area contributed by atoms with Crippen molar-refractivity contribution in [2.75, 3.05) is 47.5 Å². The van der Waals surface area contributed by atoms with Crippen molar-refractivity contribution in [2.24, 2.45) is 0 Å². The van der Waals surface area contributed by atoms with Crippen LogP contribution in [-0.2, 0) is 33.3 Å². The summed E-state index contributed by atoms with van der Waals surface area (Å²) in [7, 11) is 5.94. The number of ether oxygens (including phenoxy) is 4. The number of likely N-dealkylation sites (N-methyl/N-ethyl adjacent to an activating group) is 1. The Kier molecular flexibility index (Phi) is 74.0. The number of carboxylic acids is 1. The predicted molar refractivity (Wildman–Crippen MR) is 417 cm³/mol. The van der Waals surface area contributed by atoms with Crippen LogP contribution >= 0.6 is 0 Å². The molecule has 558 valence electrons. The highest BCUT2D eigenvalue weighted by molar-refractivity contribution is 5.70. The molecule has 0 aromatic rings. The van der Waals surface area contributed by atoms with E-state index in [1.807, 2.05) is 21.1 Å². The van der Waals surface area contributed by atoms with Crippen molar-refractivity contribution in [2.45, 2.75) is 373 Å². The average molecular weight is 1350 g/mol. The second-order valence-electron chi connectivity index (χ2n) is 28.3. The van der Waals surface area contributed by atoms with Crippen LogP contribution in [-0.4, -0.2) is 82.3 Å². The first-order valence-electron chi connectivity index (χ1n) is 40.7. The summed E-state index contributed by atoms with van der Waals surface area (Å²) < 4.78 is 22.9. The average Bonchev–Trinajstić information content (AvgIpc) is 3.74. The lowest BCUT2D eigenvalue weighted by molar-refractivity contribution is -0.870. The van der Waals surface area contributed by atoms with E-state index in [0.29, 0.717) is 23.9 Å². The number of carbonyl (C=O) groups is 3. The number of hydrogen-bond donors (Lipinski definition) is 0.